The van der Waals surface area contributed by atoms with E-state index < -0.39 is 0 Å². The zero-order valence-corrected chi connectivity index (χ0v) is 33.3. The van der Waals surface area contributed by atoms with E-state index in [9.17, 15) is 9.59 Å². The van der Waals surface area contributed by atoms with E-state index in [2.05, 4.69) is 70.4 Å². The van der Waals surface area contributed by atoms with Crippen LogP contribution in [-0.2, 0) is 49.8 Å². The quantitative estimate of drug-likeness (QED) is 0.102. The van der Waals surface area contributed by atoms with Gasteiger partial charge < -0.3 is 10.2 Å². The van der Waals surface area contributed by atoms with Crippen molar-refractivity contribution in [1.82, 2.24) is 20.2 Å². The molecule has 2 radical (unpaired) electrons. The second-order valence-electron chi connectivity index (χ2n) is 10.9. The number of rotatable bonds is 4. The Bertz CT molecular complexity index is 2010. The van der Waals surface area contributed by atoms with Crippen LogP contribution in [0.5, 0.6) is 0 Å². The number of aryl methyl sites for hydroxylation is 2. The van der Waals surface area contributed by atoms with E-state index in [0.717, 1.165) is 44.3 Å². The van der Waals surface area contributed by atoms with Crippen molar-refractivity contribution in [3.05, 3.63) is 144 Å². The molecule has 0 spiro atoms. The molecule has 8 nitrogen and oxygen atoms in total. The number of allylic oxidation sites excluding steroid dienone is 4. The summed E-state index contributed by atoms with van der Waals surface area (Å²) in [7, 11) is 0. The molecule has 0 saturated heterocycles. The summed E-state index contributed by atoms with van der Waals surface area (Å²) in [6.07, 6.45) is 5.92. The molecule has 0 atom stereocenters. The largest absolute Gasteiger partial charge is 0.512 e. The predicted molar refractivity (Wildman–Crippen MR) is 191 cm³/mol. The molecule has 0 aliphatic carbocycles. The van der Waals surface area contributed by atoms with Crippen molar-refractivity contribution in [3.63, 3.8) is 0 Å². The summed E-state index contributed by atoms with van der Waals surface area (Å²) in [4.78, 5) is 29.0. The molecule has 2 aromatic heterocycles. The van der Waals surface area contributed by atoms with Crippen LogP contribution >= 0.6 is 0 Å². The molecule has 2 heterocycles. The average molecular weight is 1020 g/mol. The third kappa shape index (κ3) is 14.8. The second-order valence-corrected chi connectivity index (χ2v) is 10.9. The maximum atomic E-state index is 10.0. The van der Waals surface area contributed by atoms with Crippen molar-refractivity contribution in [2.24, 2.45) is 0 Å². The number of hydrogen-bond donors (Lipinski definition) is 2. The van der Waals surface area contributed by atoms with Crippen molar-refractivity contribution >= 4 is 33.4 Å². The maximum absolute atomic E-state index is 10.0. The van der Waals surface area contributed by atoms with Crippen LogP contribution in [0.2, 0.25) is 0 Å². The van der Waals surface area contributed by atoms with Gasteiger partial charge in [-0.15, -0.1) is 71.3 Å². The fraction of sp³-hybridized carbons (Fsp3) is 0.150. The van der Waals surface area contributed by atoms with E-state index in [-0.39, 0.29) is 63.3 Å². The number of aromatic nitrogens is 4. The number of carbonyl (C=O) groups excluding carboxylic acids is 2. The molecule has 2 N–H and O–H groups in total. The van der Waals surface area contributed by atoms with Crippen LogP contribution in [0.3, 0.4) is 0 Å². The Morgan fingerprint density at radius 1 is 0.700 bits per heavy atom. The number of aliphatic hydroxyl groups is 2. The Morgan fingerprint density at radius 2 is 1.32 bits per heavy atom. The monoisotopic (exact) mass is 1020 g/mol. The zero-order valence-electron chi connectivity index (χ0n) is 28.6. The molecule has 6 aromatic rings. The maximum Gasteiger partial charge on any atom is 0.155 e. The second kappa shape index (κ2) is 22.1. The van der Waals surface area contributed by atoms with Gasteiger partial charge in [-0.2, -0.15) is 5.10 Å². The van der Waals surface area contributed by atoms with Crippen molar-refractivity contribution in [2.75, 3.05) is 0 Å². The van der Waals surface area contributed by atoms with Crippen LogP contribution < -0.4 is 0 Å². The third-order valence-electron chi connectivity index (χ3n) is 6.30. The number of carbonyl (C=O) groups is 2. The van der Waals surface area contributed by atoms with Crippen LogP contribution in [0.1, 0.15) is 38.8 Å². The zero-order chi connectivity index (χ0) is 35.1. The van der Waals surface area contributed by atoms with Gasteiger partial charge in [0.25, 0.3) is 0 Å². The van der Waals surface area contributed by atoms with Gasteiger partial charge in [0.15, 0.2) is 11.6 Å². The number of fused-ring (bicyclic) bond motifs is 2. The third-order valence-corrected chi connectivity index (χ3v) is 6.30. The molecular formula is C40H38Ir2N4O4-2. The first-order chi connectivity index (χ1) is 22.9. The van der Waals surface area contributed by atoms with Gasteiger partial charge >= 0.3 is 0 Å². The molecule has 0 amide bonds. The summed E-state index contributed by atoms with van der Waals surface area (Å²) in [5.74, 6) is -0.125. The van der Waals surface area contributed by atoms with Gasteiger partial charge in [0, 0.05) is 69.9 Å². The van der Waals surface area contributed by atoms with Crippen LogP contribution in [0, 0.1) is 26.0 Å². The van der Waals surface area contributed by atoms with Crippen molar-refractivity contribution < 1.29 is 60.0 Å². The Kier molecular flexibility index (Phi) is 19.1. The number of nitrogens with zero attached hydrogens (tertiary/aromatic N) is 4. The van der Waals surface area contributed by atoms with Crippen molar-refractivity contribution in [3.8, 4) is 22.5 Å². The first kappa shape index (κ1) is 43.3. The SMILES string of the molecule is CC(=O)C=C(C)O.CC(=O)C=C(C)O.Cc1c[c-]c(-c2nncc3ccc(C)cc23)cc1.[Ir].[Ir].[c-]1ccccc1-c1cnc2ccccc2n1. The number of hydrogen-bond acceptors (Lipinski definition) is 8. The van der Waals surface area contributed by atoms with E-state index in [1.54, 1.807) is 12.4 Å². The van der Waals surface area contributed by atoms with Gasteiger partial charge in [-0.25, -0.2) is 5.10 Å². The number of para-hydroxylation sites is 2. The average Bonchev–Trinajstić information content (AvgIpc) is 3.05. The number of ketones is 2. The molecule has 0 fully saturated rings. The number of aliphatic hydroxyl groups excluding tert-OH is 2. The summed E-state index contributed by atoms with van der Waals surface area (Å²) < 4.78 is 0. The molecule has 50 heavy (non-hydrogen) atoms. The van der Waals surface area contributed by atoms with Crippen LogP contribution in [-0.4, -0.2) is 41.9 Å². The van der Waals surface area contributed by atoms with Crippen molar-refractivity contribution in [1.29, 1.82) is 0 Å². The fourth-order valence-corrected chi connectivity index (χ4v) is 4.27. The van der Waals surface area contributed by atoms with Gasteiger partial charge in [-0.1, -0.05) is 42.8 Å². The van der Waals surface area contributed by atoms with Crippen LogP contribution in [0.15, 0.2) is 121 Å². The van der Waals surface area contributed by atoms with Gasteiger partial charge in [0.1, 0.15) is 0 Å². The molecule has 0 aliphatic rings. The van der Waals surface area contributed by atoms with Gasteiger partial charge in [-0.3, -0.25) is 19.6 Å². The normalized spacial score (nSPS) is 10.4. The Hall–Kier alpha value is -4.72. The van der Waals surface area contributed by atoms with E-state index >= 15 is 0 Å². The molecular weight excluding hydrogens is 985 g/mol. The minimum atomic E-state index is -0.125. The Morgan fingerprint density at radius 3 is 1.86 bits per heavy atom. The molecule has 0 unspecified atom stereocenters. The summed E-state index contributed by atoms with van der Waals surface area (Å²) in [5.41, 5.74) is 7.98. The van der Waals surface area contributed by atoms with E-state index in [1.807, 2.05) is 60.7 Å². The summed E-state index contributed by atoms with van der Waals surface area (Å²) >= 11 is 0. The first-order valence-corrected chi connectivity index (χ1v) is 15.1. The summed E-state index contributed by atoms with van der Waals surface area (Å²) in [6.45, 7) is 9.84. The first-order valence-electron chi connectivity index (χ1n) is 15.1. The van der Waals surface area contributed by atoms with Crippen LogP contribution in [0.25, 0.3) is 44.3 Å². The minimum absolute atomic E-state index is 0. The smallest absolute Gasteiger partial charge is 0.155 e. The minimum Gasteiger partial charge on any atom is -0.512 e. The predicted octanol–water partition coefficient (Wildman–Crippen LogP) is 8.88. The van der Waals surface area contributed by atoms with E-state index in [4.69, 9.17) is 10.2 Å². The Balaban J connectivity index is 0.000000358. The topological polar surface area (TPSA) is 126 Å². The van der Waals surface area contributed by atoms with Crippen LogP contribution in [0.4, 0.5) is 0 Å². The molecule has 10 heteroatoms. The van der Waals surface area contributed by atoms with Gasteiger partial charge in [0.05, 0.1) is 28.7 Å². The molecule has 262 valence electrons. The fourth-order valence-electron chi connectivity index (χ4n) is 4.27. The Labute approximate surface area is 320 Å². The molecule has 6 rings (SSSR count). The van der Waals surface area contributed by atoms with Crippen molar-refractivity contribution in [2.45, 2.75) is 41.5 Å². The molecule has 0 aliphatic heterocycles. The molecule has 4 aromatic carbocycles. The molecule has 0 saturated carbocycles. The number of benzene rings is 4. The standard InChI is InChI=1S/C16H13N2.C14H9N2.2C5H8O2.2Ir/c1-11-3-6-13(7-4-11)16-15-9-12(2)5-8-14(15)10-17-18-16;1-2-6-11(7-3-1)14-10-15-12-8-4-5-9-13(12)16-14;2*1-4(6)3-5(2)7;;/h3-6,8-10H,1-2H3;1-6,8-10H;2*3,6H,1-2H3;;/q2*-1;;;;. The summed E-state index contributed by atoms with van der Waals surface area (Å²) in [6, 6.07) is 34.5. The van der Waals surface area contributed by atoms with Gasteiger partial charge in [0.2, 0.25) is 0 Å². The van der Waals surface area contributed by atoms with Gasteiger partial charge in [-0.05, 0) is 57.5 Å². The van der Waals surface area contributed by atoms with E-state index in [1.165, 1.54) is 51.0 Å². The molecule has 0 bridgehead atoms. The summed E-state index contributed by atoms with van der Waals surface area (Å²) in [5, 5.41) is 27.3. The van der Waals surface area contributed by atoms with E-state index in [0.29, 0.717) is 0 Å².